The second kappa shape index (κ2) is 9.07. The van der Waals surface area contributed by atoms with Gasteiger partial charge >= 0.3 is 0 Å². The lowest BCUT2D eigenvalue weighted by Gasteiger charge is -2.10. The topological polar surface area (TPSA) is 132 Å². The van der Waals surface area contributed by atoms with Crippen LogP contribution in [0.2, 0.25) is 5.02 Å². The normalized spacial score (nSPS) is 11.4. The number of hydrogen-bond acceptors (Lipinski definition) is 6. The number of imidazole rings is 2. The number of nitrogens with two attached hydrogens (primary N) is 1. The lowest BCUT2D eigenvalue weighted by atomic mass is 10.1. The molecule has 0 bridgehead atoms. The van der Waals surface area contributed by atoms with Crippen molar-refractivity contribution in [2.75, 3.05) is 5.73 Å². The van der Waals surface area contributed by atoms with Gasteiger partial charge in [-0.15, -0.1) is 0 Å². The van der Waals surface area contributed by atoms with E-state index in [0.29, 0.717) is 40.7 Å². The van der Waals surface area contributed by atoms with Gasteiger partial charge in [0.2, 0.25) is 0 Å². The minimum atomic E-state index is -0.183. The second-order valence-electron chi connectivity index (χ2n) is 8.72. The molecule has 1 amide bonds. The van der Waals surface area contributed by atoms with E-state index in [0.717, 1.165) is 33.5 Å². The summed E-state index contributed by atoms with van der Waals surface area (Å²) < 4.78 is 3.79. The first-order chi connectivity index (χ1) is 18.0. The quantitative estimate of drug-likeness (QED) is 0.310. The molecule has 0 fully saturated rings. The number of H-pyrrole nitrogens is 1. The van der Waals surface area contributed by atoms with Crippen LogP contribution in [0.5, 0.6) is 0 Å². The maximum absolute atomic E-state index is 13.1. The molecule has 37 heavy (non-hydrogen) atoms. The second-order valence-corrected chi connectivity index (χ2v) is 9.15. The maximum Gasteiger partial charge on any atom is 0.252 e. The fraction of sp³-hybridized carbons (Fsp3) is 0.115. The van der Waals surface area contributed by atoms with Crippen LogP contribution in [0, 0.1) is 0 Å². The number of anilines is 1. The van der Waals surface area contributed by atoms with Gasteiger partial charge in [0.15, 0.2) is 11.5 Å². The van der Waals surface area contributed by atoms with Crippen molar-refractivity contribution in [1.29, 1.82) is 0 Å². The molecule has 0 saturated carbocycles. The summed E-state index contributed by atoms with van der Waals surface area (Å²) in [6.45, 7) is 0.796. The molecule has 4 N–H and O–H groups in total. The number of nitrogens with one attached hydrogen (secondary N) is 2. The number of aryl methyl sites for hydroxylation is 1. The number of aromatic amines is 1. The van der Waals surface area contributed by atoms with Crippen LogP contribution in [-0.2, 0) is 20.1 Å². The maximum atomic E-state index is 13.1. The molecule has 4 heterocycles. The Morgan fingerprint density at radius 3 is 2.84 bits per heavy atom. The molecule has 184 valence electrons. The molecule has 0 atom stereocenters. The Labute approximate surface area is 216 Å². The molecule has 0 radical (unpaired) electrons. The van der Waals surface area contributed by atoms with Crippen LogP contribution in [-0.4, -0.2) is 40.0 Å². The number of fused-ring (bicyclic) bond motifs is 2. The van der Waals surface area contributed by atoms with Crippen LogP contribution in [0.4, 0.5) is 5.82 Å². The predicted molar refractivity (Wildman–Crippen MR) is 142 cm³/mol. The third-order valence-corrected chi connectivity index (χ3v) is 6.49. The summed E-state index contributed by atoms with van der Waals surface area (Å²) in [6.07, 6.45) is 6.67. The van der Waals surface area contributed by atoms with Crippen LogP contribution in [0.3, 0.4) is 0 Å². The number of aromatic nitrogens is 7. The molecule has 0 spiro atoms. The smallest absolute Gasteiger partial charge is 0.252 e. The van der Waals surface area contributed by atoms with Crippen molar-refractivity contribution in [3.63, 3.8) is 0 Å². The molecule has 0 aliphatic rings. The van der Waals surface area contributed by atoms with Crippen molar-refractivity contribution in [3.8, 4) is 11.4 Å². The highest BCUT2D eigenvalue weighted by atomic mass is 35.5. The Balaban J connectivity index is 1.27. The molecule has 6 aromatic rings. The molecule has 0 aliphatic heterocycles. The molecule has 0 unspecified atom stereocenters. The average molecular weight is 512 g/mol. The average Bonchev–Trinajstić information content (AvgIpc) is 3.61. The van der Waals surface area contributed by atoms with Crippen molar-refractivity contribution in [2.45, 2.75) is 13.1 Å². The lowest BCUT2D eigenvalue weighted by molar-refractivity contribution is 0.0951. The van der Waals surface area contributed by atoms with Crippen LogP contribution >= 0.6 is 11.6 Å². The summed E-state index contributed by atoms with van der Waals surface area (Å²) in [6, 6.07) is 13.2. The third-order valence-electron chi connectivity index (χ3n) is 6.27. The van der Waals surface area contributed by atoms with Crippen molar-refractivity contribution in [2.24, 2.45) is 7.05 Å². The molecular weight excluding hydrogens is 490 g/mol. The van der Waals surface area contributed by atoms with Crippen molar-refractivity contribution >= 4 is 45.4 Å². The first kappa shape index (κ1) is 22.7. The fourth-order valence-electron chi connectivity index (χ4n) is 4.53. The number of benzene rings is 2. The minimum Gasteiger partial charge on any atom is -0.382 e. The van der Waals surface area contributed by atoms with E-state index in [1.807, 2.05) is 58.8 Å². The highest BCUT2D eigenvalue weighted by Gasteiger charge is 2.16. The zero-order valence-electron chi connectivity index (χ0n) is 19.8. The number of carbonyl (C=O) groups excluding carboxylic acids is 1. The Morgan fingerprint density at radius 1 is 1.14 bits per heavy atom. The minimum absolute atomic E-state index is 0.183. The molecule has 4 aromatic heterocycles. The zero-order valence-corrected chi connectivity index (χ0v) is 20.6. The molecule has 0 saturated heterocycles. The Morgan fingerprint density at radius 2 is 2.00 bits per heavy atom. The summed E-state index contributed by atoms with van der Waals surface area (Å²) in [7, 11) is 1.90. The van der Waals surface area contributed by atoms with E-state index in [1.54, 1.807) is 18.6 Å². The highest BCUT2D eigenvalue weighted by molar-refractivity contribution is 6.31. The first-order valence-electron chi connectivity index (χ1n) is 11.5. The van der Waals surface area contributed by atoms with Crippen LogP contribution in [0.15, 0.2) is 67.5 Å². The van der Waals surface area contributed by atoms with E-state index in [1.165, 1.54) is 6.33 Å². The first-order valence-corrected chi connectivity index (χ1v) is 11.9. The van der Waals surface area contributed by atoms with Gasteiger partial charge in [-0.1, -0.05) is 29.8 Å². The monoisotopic (exact) mass is 511 g/mol. The Hall–Kier alpha value is -4.70. The van der Waals surface area contributed by atoms with Crippen molar-refractivity contribution in [1.82, 2.24) is 39.4 Å². The molecule has 6 rings (SSSR count). The van der Waals surface area contributed by atoms with E-state index >= 15 is 0 Å². The number of nitrogens with zero attached hydrogens (tertiary/aromatic N) is 6. The molecule has 2 aromatic carbocycles. The Kier molecular flexibility index (Phi) is 5.57. The summed E-state index contributed by atoms with van der Waals surface area (Å²) in [4.78, 5) is 33.6. The molecular formula is C26H22ClN9O. The fourth-order valence-corrected chi connectivity index (χ4v) is 4.78. The molecule has 10 nitrogen and oxygen atoms in total. The highest BCUT2D eigenvalue weighted by Crippen LogP contribution is 2.27. The number of rotatable bonds is 6. The van der Waals surface area contributed by atoms with Crippen LogP contribution in [0.1, 0.15) is 21.6 Å². The van der Waals surface area contributed by atoms with Crippen molar-refractivity contribution in [3.05, 3.63) is 89.4 Å². The van der Waals surface area contributed by atoms with Gasteiger partial charge in [0, 0.05) is 41.1 Å². The van der Waals surface area contributed by atoms with E-state index in [2.05, 4.69) is 30.2 Å². The predicted octanol–water partition coefficient (Wildman–Crippen LogP) is 3.92. The summed E-state index contributed by atoms with van der Waals surface area (Å²) >= 11 is 6.44. The van der Waals surface area contributed by atoms with Gasteiger partial charge in [0.1, 0.15) is 17.7 Å². The van der Waals surface area contributed by atoms with Gasteiger partial charge in [-0.05, 0) is 29.8 Å². The summed E-state index contributed by atoms with van der Waals surface area (Å²) in [5.74, 6) is 0.884. The Bertz CT molecular complexity index is 1780. The van der Waals surface area contributed by atoms with Gasteiger partial charge < -0.3 is 25.2 Å². The number of carbonyl (C=O) groups is 1. The number of halogens is 1. The summed E-state index contributed by atoms with van der Waals surface area (Å²) in [5.41, 5.74) is 11.2. The van der Waals surface area contributed by atoms with E-state index in [-0.39, 0.29) is 5.91 Å². The zero-order chi connectivity index (χ0) is 25.5. The summed E-state index contributed by atoms with van der Waals surface area (Å²) in [5, 5.41) is 4.58. The lowest BCUT2D eigenvalue weighted by Crippen LogP contribution is -2.23. The van der Waals surface area contributed by atoms with E-state index < -0.39 is 0 Å². The van der Waals surface area contributed by atoms with Gasteiger partial charge in [-0.25, -0.2) is 19.9 Å². The van der Waals surface area contributed by atoms with Gasteiger partial charge in [0.05, 0.1) is 30.5 Å². The van der Waals surface area contributed by atoms with Crippen LogP contribution in [0.25, 0.3) is 33.5 Å². The van der Waals surface area contributed by atoms with Gasteiger partial charge in [-0.3, -0.25) is 4.79 Å². The van der Waals surface area contributed by atoms with Crippen molar-refractivity contribution < 1.29 is 4.79 Å². The van der Waals surface area contributed by atoms with E-state index in [4.69, 9.17) is 17.3 Å². The number of nitrogen functional groups attached to an aromatic ring is 1. The standard InChI is InChI=1S/C26H22ClN9O/c1-35-7-6-29-24(35)19-4-2-3-5-20(19)26(37)30-11-18-10-15-8-17(27)9-16(21(15)34-18)12-36-14-33-22-23(28)31-13-32-25(22)36/h2-10,13-14,34H,11-12H2,1H3,(H,30,37)(H2,28,31,32). The largest absolute Gasteiger partial charge is 0.382 e. The van der Waals surface area contributed by atoms with Gasteiger partial charge in [0.25, 0.3) is 5.91 Å². The third kappa shape index (κ3) is 4.17. The number of amides is 1. The SMILES string of the molecule is Cn1ccnc1-c1ccccc1C(=O)NCc1cc2cc(Cl)cc(Cn3cnc4c(N)ncnc43)c2[nH]1. The molecule has 11 heteroatoms. The van der Waals surface area contributed by atoms with Gasteiger partial charge in [-0.2, -0.15) is 0 Å². The van der Waals surface area contributed by atoms with E-state index in [9.17, 15) is 4.79 Å². The molecule has 0 aliphatic carbocycles. The number of hydrogen-bond donors (Lipinski definition) is 3. The van der Waals surface area contributed by atoms with Crippen LogP contribution < -0.4 is 11.1 Å².